The molecule has 1 unspecified atom stereocenters. The van der Waals surface area contributed by atoms with Crippen LogP contribution in [0.2, 0.25) is 0 Å². The molecule has 0 fully saturated rings. The zero-order valence-corrected chi connectivity index (χ0v) is 21.7. The van der Waals surface area contributed by atoms with Gasteiger partial charge in [-0.2, -0.15) is 0 Å². The number of hydrogen-bond donors (Lipinski definition) is 0. The molecule has 0 N–H and O–H groups in total. The molecule has 0 spiro atoms. The third-order valence-electron chi connectivity index (χ3n) is 6.20. The van der Waals surface area contributed by atoms with Crippen LogP contribution < -0.4 is 18.9 Å². The van der Waals surface area contributed by atoms with Gasteiger partial charge in [-0.3, -0.25) is 4.39 Å². The Morgan fingerprint density at radius 2 is 0.871 bits per heavy atom. The fourth-order valence-electron chi connectivity index (χ4n) is 4.17. The fraction of sp³-hybridized carbons (Fsp3) is 1.00. The van der Waals surface area contributed by atoms with Gasteiger partial charge in [0.1, 0.15) is 0 Å². The van der Waals surface area contributed by atoms with Gasteiger partial charge in [-0.1, -0.05) is 129 Å². The Balaban J connectivity index is 0. The van der Waals surface area contributed by atoms with Gasteiger partial charge in [0.2, 0.25) is 0 Å². The summed E-state index contributed by atoms with van der Waals surface area (Å²) < 4.78 is 46.5. The van der Waals surface area contributed by atoms with Crippen LogP contribution in [0.15, 0.2) is 0 Å². The summed E-state index contributed by atoms with van der Waals surface area (Å²) in [6.07, 6.45) is 24.2. The van der Waals surface area contributed by atoms with Crippen molar-refractivity contribution >= 4 is 10.1 Å². The number of unbranched alkanes of at least 4 members (excludes halogenated alkanes) is 18. The molecule has 0 saturated heterocycles. The molecule has 0 aliphatic heterocycles. The first-order valence-electron chi connectivity index (χ1n) is 13.0. The van der Waals surface area contributed by atoms with Crippen LogP contribution in [0, 0.1) is 0 Å². The van der Waals surface area contributed by atoms with Crippen LogP contribution in [0.25, 0.3) is 0 Å². The van der Waals surface area contributed by atoms with Crippen LogP contribution in [0.1, 0.15) is 148 Å². The Morgan fingerprint density at radius 1 is 0.581 bits per heavy atom. The quantitative estimate of drug-likeness (QED) is 0.110. The first kappa shape index (κ1) is 33.6. The van der Waals surface area contributed by atoms with Crippen molar-refractivity contribution in [3.05, 3.63) is 0 Å². The van der Waals surface area contributed by atoms with E-state index in [1.165, 1.54) is 77.0 Å². The summed E-state index contributed by atoms with van der Waals surface area (Å²) >= 11 is 0. The Labute approximate surface area is 206 Å². The zero-order chi connectivity index (χ0) is 22.3. The summed E-state index contributed by atoms with van der Waals surface area (Å²) in [5, 5.41) is -0.722. The van der Waals surface area contributed by atoms with Crippen molar-refractivity contribution in [2.24, 2.45) is 0 Å². The van der Waals surface area contributed by atoms with Gasteiger partial charge < -0.3 is 4.55 Å². The molecule has 6 heteroatoms. The average Bonchev–Trinajstić information content (AvgIpc) is 2.70. The summed E-state index contributed by atoms with van der Waals surface area (Å²) in [5.41, 5.74) is 0. The molecular weight excluding hydrogens is 406 g/mol. The largest absolute Gasteiger partial charge is 1.00 e. The minimum absolute atomic E-state index is 0. The maximum Gasteiger partial charge on any atom is 1.00 e. The number of hydrogen-bond acceptors (Lipinski definition) is 3. The number of rotatable bonds is 24. The third-order valence-corrected chi connectivity index (χ3v) is 7.49. The SMILES string of the molecule is CCCCCCCCCCCCCCCCCC(CCCCCCCF)S(=O)(=O)[O-].[Li+]. The van der Waals surface area contributed by atoms with Crippen molar-refractivity contribution in [3.63, 3.8) is 0 Å². The molecule has 0 aromatic rings. The molecule has 0 heterocycles. The molecule has 0 radical (unpaired) electrons. The Kier molecular flexibility index (Phi) is 27.2. The normalized spacial score (nSPS) is 12.6. The molecule has 0 rings (SSSR count). The molecule has 0 aliphatic carbocycles. The maximum absolute atomic E-state index is 12.0. The Morgan fingerprint density at radius 3 is 1.16 bits per heavy atom. The molecule has 0 aromatic heterocycles. The van der Waals surface area contributed by atoms with E-state index in [4.69, 9.17) is 0 Å². The first-order chi connectivity index (χ1) is 14.5. The van der Waals surface area contributed by atoms with Crippen molar-refractivity contribution in [1.82, 2.24) is 0 Å². The smallest absolute Gasteiger partial charge is 0.748 e. The second-order valence-corrected chi connectivity index (χ2v) is 10.8. The minimum atomic E-state index is -4.19. The molecule has 0 aromatic carbocycles. The second-order valence-electron chi connectivity index (χ2n) is 9.10. The van der Waals surface area contributed by atoms with Crippen molar-refractivity contribution in [2.75, 3.05) is 6.67 Å². The van der Waals surface area contributed by atoms with Crippen LogP contribution in [0.4, 0.5) is 4.39 Å². The molecule has 182 valence electrons. The van der Waals surface area contributed by atoms with Crippen LogP contribution >= 0.6 is 0 Å². The van der Waals surface area contributed by atoms with E-state index in [-0.39, 0.29) is 25.5 Å². The van der Waals surface area contributed by atoms with Gasteiger partial charge >= 0.3 is 18.9 Å². The molecule has 0 amide bonds. The third kappa shape index (κ3) is 24.9. The molecular formula is C25H50FLiO3S. The fourth-order valence-corrected chi connectivity index (χ4v) is 5.08. The minimum Gasteiger partial charge on any atom is -0.748 e. The van der Waals surface area contributed by atoms with E-state index >= 15 is 0 Å². The van der Waals surface area contributed by atoms with Crippen LogP contribution in [-0.2, 0) is 10.1 Å². The molecule has 3 nitrogen and oxygen atoms in total. The van der Waals surface area contributed by atoms with Crippen molar-refractivity contribution < 1.29 is 36.2 Å². The van der Waals surface area contributed by atoms with Gasteiger partial charge in [-0.05, 0) is 19.3 Å². The molecule has 0 saturated carbocycles. The summed E-state index contributed by atoms with van der Waals surface area (Å²) in [5.74, 6) is 0. The van der Waals surface area contributed by atoms with Gasteiger partial charge in [-0.25, -0.2) is 8.42 Å². The van der Waals surface area contributed by atoms with E-state index in [9.17, 15) is 17.4 Å². The molecule has 0 aliphatic rings. The predicted molar refractivity (Wildman–Crippen MR) is 127 cm³/mol. The standard InChI is InChI=1S/C25H51FO3S.Li/c1-2-3-4-5-6-7-8-9-10-11-12-13-14-16-19-22-25(30(27,28)29)23-20-17-15-18-21-24-26;/h25H,2-24H2,1H3,(H,27,28,29);/q;+1/p-1. The Bertz CT molecular complexity index is 446. The van der Waals surface area contributed by atoms with E-state index in [0.29, 0.717) is 19.3 Å². The topological polar surface area (TPSA) is 57.2 Å². The van der Waals surface area contributed by atoms with Gasteiger partial charge in [0.25, 0.3) is 0 Å². The summed E-state index contributed by atoms with van der Waals surface area (Å²) in [6.45, 7) is 1.98. The van der Waals surface area contributed by atoms with Crippen LogP contribution in [-0.4, -0.2) is 24.9 Å². The van der Waals surface area contributed by atoms with E-state index < -0.39 is 15.4 Å². The van der Waals surface area contributed by atoms with Crippen molar-refractivity contribution in [1.29, 1.82) is 0 Å². The monoisotopic (exact) mass is 456 g/mol. The van der Waals surface area contributed by atoms with Crippen LogP contribution in [0.3, 0.4) is 0 Å². The molecule has 31 heavy (non-hydrogen) atoms. The molecule has 0 bridgehead atoms. The Hall–Kier alpha value is 0.437. The second kappa shape index (κ2) is 25.1. The van der Waals surface area contributed by atoms with E-state index in [2.05, 4.69) is 6.92 Å². The average molecular weight is 457 g/mol. The van der Waals surface area contributed by atoms with Crippen molar-refractivity contribution in [2.45, 2.75) is 153 Å². The van der Waals surface area contributed by atoms with Gasteiger partial charge in [0.15, 0.2) is 0 Å². The summed E-state index contributed by atoms with van der Waals surface area (Å²) in [6, 6.07) is 0. The predicted octanol–water partition coefficient (Wildman–Crippen LogP) is 5.48. The first-order valence-corrected chi connectivity index (χ1v) is 14.5. The van der Waals surface area contributed by atoms with Gasteiger partial charge in [0, 0.05) is 5.25 Å². The maximum atomic E-state index is 12.0. The summed E-state index contributed by atoms with van der Waals surface area (Å²) in [4.78, 5) is 0. The number of alkyl halides is 1. The summed E-state index contributed by atoms with van der Waals surface area (Å²) in [7, 11) is -4.19. The van der Waals surface area contributed by atoms with E-state index in [0.717, 1.165) is 44.9 Å². The van der Waals surface area contributed by atoms with Crippen LogP contribution in [0.5, 0.6) is 0 Å². The van der Waals surface area contributed by atoms with E-state index in [1.54, 1.807) is 0 Å². The molecule has 1 atom stereocenters. The zero-order valence-electron chi connectivity index (χ0n) is 20.9. The number of halogens is 1. The van der Waals surface area contributed by atoms with Gasteiger partial charge in [-0.15, -0.1) is 0 Å². The van der Waals surface area contributed by atoms with Gasteiger partial charge in [0.05, 0.1) is 16.8 Å². The van der Waals surface area contributed by atoms with Crippen molar-refractivity contribution in [3.8, 4) is 0 Å². The van der Waals surface area contributed by atoms with E-state index in [1.807, 2.05) is 0 Å².